The fraction of sp³-hybridized carbons (Fsp3) is 0.400. The second kappa shape index (κ2) is 7.61. The summed E-state index contributed by atoms with van der Waals surface area (Å²) in [6.07, 6.45) is 0.724. The summed E-state index contributed by atoms with van der Waals surface area (Å²) in [7, 11) is -3.40. The van der Waals surface area contributed by atoms with Crippen LogP contribution in [0.25, 0.3) is 0 Å². The molecule has 7 heteroatoms. The lowest BCUT2D eigenvalue weighted by Gasteiger charge is -2.04. The molecule has 0 bridgehead atoms. The molecule has 0 aromatic carbocycles. The monoisotopic (exact) mass is 262 g/mol. The summed E-state index contributed by atoms with van der Waals surface area (Å²) in [6.45, 7) is 6.08. The Kier molecular flexibility index (Phi) is 6.88. The van der Waals surface area contributed by atoms with E-state index in [0.717, 1.165) is 11.5 Å². The van der Waals surface area contributed by atoms with E-state index in [0.29, 0.717) is 0 Å². The van der Waals surface area contributed by atoms with Gasteiger partial charge in [0.25, 0.3) is 0 Å². The van der Waals surface area contributed by atoms with E-state index in [2.05, 4.69) is 22.6 Å². The van der Waals surface area contributed by atoms with Crippen LogP contribution in [-0.4, -0.2) is 39.3 Å². The van der Waals surface area contributed by atoms with Gasteiger partial charge in [-0.05, 0) is 0 Å². The molecule has 0 aliphatic heterocycles. The summed E-state index contributed by atoms with van der Waals surface area (Å²) in [4.78, 5) is 21.6. The minimum Gasteiger partial charge on any atom is -0.462 e. The molecule has 0 spiro atoms. The zero-order valence-electron chi connectivity index (χ0n) is 9.26. The Labute approximate surface area is 99.8 Å². The molecule has 0 aliphatic rings. The highest BCUT2D eigenvalue weighted by Gasteiger charge is 2.10. The molecule has 0 rings (SSSR count). The first-order chi connectivity index (χ1) is 7.91. The van der Waals surface area contributed by atoms with E-state index in [9.17, 15) is 18.0 Å². The van der Waals surface area contributed by atoms with Gasteiger partial charge in [0, 0.05) is 11.5 Å². The average molecular weight is 262 g/mol. The lowest BCUT2D eigenvalue weighted by molar-refractivity contribution is -0.149. The van der Waals surface area contributed by atoms with Gasteiger partial charge >= 0.3 is 11.9 Å². The first-order valence-electron chi connectivity index (χ1n) is 4.71. The predicted octanol–water partition coefficient (Wildman–Crippen LogP) is 0.207. The van der Waals surface area contributed by atoms with E-state index in [1.54, 1.807) is 0 Å². The summed E-state index contributed by atoms with van der Waals surface area (Å²) >= 11 is 0. The molecule has 0 aliphatic carbocycles. The Bertz CT molecular complexity index is 395. The third-order valence-corrected chi connectivity index (χ3v) is 2.88. The molecule has 0 aromatic heterocycles. The van der Waals surface area contributed by atoms with Crippen molar-refractivity contribution >= 4 is 21.8 Å². The largest absolute Gasteiger partial charge is 0.462 e. The number of carbonyl (C=O) groups excluding carboxylic acids is 2. The van der Waals surface area contributed by atoms with Gasteiger partial charge in [-0.15, -0.1) is 0 Å². The van der Waals surface area contributed by atoms with Crippen molar-refractivity contribution in [1.82, 2.24) is 0 Å². The van der Waals surface area contributed by atoms with Crippen LogP contribution < -0.4 is 0 Å². The second-order valence-corrected chi connectivity index (χ2v) is 4.94. The number of esters is 2. The fourth-order valence-corrected chi connectivity index (χ4v) is 1.36. The van der Waals surface area contributed by atoms with E-state index < -0.39 is 21.8 Å². The molecule has 0 unspecified atom stereocenters. The van der Waals surface area contributed by atoms with Crippen LogP contribution in [0.2, 0.25) is 0 Å². The van der Waals surface area contributed by atoms with Crippen LogP contribution >= 0.6 is 0 Å². The molecular weight excluding hydrogens is 248 g/mol. The molecule has 0 saturated carbocycles. The average Bonchev–Trinajstić information content (AvgIpc) is 2.32. The number of rotatable bonds is 8. The number of sulfone groups is 1. The summed E-state index contributed by atoms with van der Waals surface area (Å²) in [5.41, 5.74) is 0. The SMILES string of the molecule is C=CC(=O)OCCOC(=O)CCS(=O)(=O)C=C. The first-order valence-corrected chi connectivity index (χ1v) is 6.43. The van der Waals surface area contributed by atoms with Crippen molar-refractivity contribution in [2.24, 2.45) is 0 Å². The predicted molar refractivity (Wildman–Crippen MR) is 60.7 cm³/mol. The zero-order chi connectivity index (χ0) is 13.3. The summed E-state index contributed by atoms with van der Waals surface area (Å²) < 4.78 is 31.1. The molecule has 0 fully saturated rings. The number of ether oxygens (including phenoxy) is 2. The van der Waals surface area contributed by atoms with Crippen LogP contribution in [0, 0.1) is 0 Å². The highest BCUT2D eigenvalue weighted by molar-refractivity contribution is 7.94. The van der Waals surface area contributed by atoms with Gasteiger partial charge in [-0.1, -0.05) is 13.2 Å². The third-order valence-electron chi connectivity index (χ3n) is 1.60. The topological polar surface area (TPSA) is 86.7 Å². The number of hydrogen-bond acceptors (Lipinski definition) is 6. The molecule has 0 radical (unpaired) electrons. The van der Waals surface area contributed by atoms with E-state index in [-0.39, 0.29) is 25.4 Å². The minimum absolute atomic E-state index is 0.0925. The van der Waals surface area contributed by atoms with Crippen LogP contribution in [0.5, 0.6) is 0 Å². The van der Waals surface area contributed by atoms with Gasteiger partial charge in [-0.25, -0.2) is 13.2 Å². The molecule has 0 heterocycles. The van der Waals surface area contributed by atoms with Gasteiger partial charge < -0.3 is 9.47 Å². The van der Waals surface area contributed by atoms with Crippen molar-refractivity contribution < 1.29 is 27.5 Å². The quantitative estimate of drug-likeness (QED) is 0.353. The Morgan fingerprint density at radius 3 is 2.24 bits per heavy atom. The molecule has 0 saturated heterocycles. The summed E-state index contributed by atoms with van der Waals surface area (Å²) in [5.74, 6) is -1.64. The Balaban J connectivity index is 3.71. The van der Waals surface area contributed by atoms with Gasteiger partial charge in [-0.3, -0.25) is 4.79 Å². The molecule has 0 amide bonds. The number of hydrogen-bond donors (Lipinski definition) is 0. The van der Waals surface area contributed by atoms with Crippen molar-refractivity contribution in [3.05, 3.63) is 24.6 Å². The van der Waals surface area contributed by atoms with Crippen molar-refractivity contribution in [2.75, 3.05) is 19.0 Å². The fourth-order valence-electron chi connectivity index (χ4n) is 0.738. The van der Waals surface area contributed by atoms with Gasteiger partial charge in [0.15, 0.2) is 9.84 Å². The molecule has 17 heavy (non-hydrogen) atoms. The van der Waals surface area contributed by atoms with Crippen molar-refractivity contribution in [3.8, 4) is 0 Å². The van der Waals surface area contributed by atoms with Crippen LogP contribution in [0.4, 0.5) is 0 Å². The van der Waals surface area contributed by atoms with Crippen LogP contribution in [-0.2, 0) is 28.9 Å². The van der Waals surface area contributed by atoms with Gasteiger partial charge in [0.2, 0.25) is 0 Å². The Morgan fingerprint density at radius 2 is 1.71 bits per heavy atom. The maximum Gasteiger partial charge on any atom is 0.330 e. The van der Waals surface area contributed by atoms with Crippen LogP contribution in [0.15, 0.2) is 24.6 Å². The summed E-state index contributed by atoms with van der Waals surface area (Å²) in [5, 5.41) is 0.784. The zero-order valence-corrected chi connectivity index (χ0v) is 10.1. The van der Waals surface area contributed by atoms with Crippen LogP contribution in [0.3, 0.4) is 0 Å². The Morgan fingerprint density at radius 1 is 1.12 bits per heavy atom. The van der Waals surface area contributed by atoms with Crippen molar-refractivity contribution in [2.45, 2.75) is 6.42 Å². The maximum absolute atomic E-state index is 11.0. The van der Waals surface area contributed by atoms with E-state index >= 15 is 0 Å². The smallest absolute Gasteiger partial charge is 0.330 e. The number of carbonyl (C=O) groups is 2. The highest BCUT2D eigenvalue weighted by Crippen LogP contribution is 1.96. The third kappa shape index (κ3) is 8.21. The van der Waals surface area contributed by atoms with Gasteiger partial charge in [-0.2, -0.15) is 0 Å². The molecule has 6 nitrogen and oxygen atoms in total. The lowest BCUT2D eigenvalue weighted by atomic mass is 10.5. The van der Waals surface area contributed by atoms with E-state index in [1.807, 2.05) is 0 Å². The van der Waals surface area contributed by atoms with E-state index in [4.69, 9.17) is 0 Å². The second-order valence-electron chi connectivity index (χ2n) is 2.88. The van der Waals surface area contributed by atoms with E-state index in [1.165, 1.54) is 0 Å². The molecule has 96 valence electrons. The molecule has 0 N–H and O–H groups in total. The van der Waals surface area contributed by atoms with Crippen molar-refractivity contribution in [3.63, 3.8) is 0 Å². The highest BCUT2D eigenvalue weighted by atomic mass is 32.2. The standard InChI is InChI=1S/C10H14O6S/c1-3-9(11)15-6-7-16-10(12)5-8-17(13,14)4-2/h3-4H,1-2,5-8H2. The molecular formula is C10H14O6S. The van der Waals surface area contributed by atoms with Gasteiger partial charge in [0.1, 0.15) is 13.2 Å². The first kappa shape index (κ1) is 15.4. The lowest BCUT2D eigenvalue weighted by Crippen LogP contribution is -2.15. The normalized spacial score (nSPS) is 10.4. The Hall–Kier alpha value is -1.63. The molecule has 0 aromatic rings. The summed E-state index contributed by atoms with van der Waals surface area (Å²) in [6, 6.07) is 0. The van der Waals surface area contributed by atoms with Gasteiger partial charge in [0.05, 0.1) is 12.2 Å². The van der Waals surface area contributed by atoms with Crippen molar-refractivity contribution in [1.29, 1.82) is 0 Å². The molecule has 0 atom stereocenters. The maximum atomic E-state index is 11.0. The van der Waals surface area contributed by atoms with Crippen LogP contribution in [0.1, 0.15) is 6.42 Å². The minimum atomic E-state index is -3.40.